The van der Waals surface area contributed by atoms with Crippen molar-refractivity contribution in [2.45, 2.75) is 12.5 Å². The molecule has 1 aliphatic heterocycles. The highest BCUT2D eigenvalue weighted by molar-refractivity contribution is 7.10. The van der Waals surface area contributed by atoms with Crippen molar-refractivity contribution in [1.29, 1.82) is 0 Å². The van der Waals surface area contributed by atoms with Crippen LogP contribution in [0.2, 0.25) is 0 Å². The fourth-order valence-corrected chi connectivity index (χ4v) is 2.34. The van der Waals surface area contributed by atoms with Crippen LogP contribution in [0.5, 0.6) is 0 Å². The van der Waals surface area contributed by atoms with Crippen LogP contribution >= 0.6 is 11.3 Å². The van der Waals surface area contributed by atoms with Gasteiger partial charge in [-0.1, -0.05) is 6.07 Å². The third-order valence-corrected chi connectivity index (χ3v) is 3.45. The van der Waals surface area contributed by atoms with Gasteiger partial charge >= 0.3 is 6.09 Å². The number of hydrogen-bond donors (Lipinski definition) is 3. The predicted octanol–water partition coefficient (Wildman–Crippen LogP) is 1.56. The molecule has 1 unspecified atom stereocenters. The first-order valence-corrected chi connectivity index (χ1v) is 5.54. The van der Waals surface area contributed by atoms with E-state index < -0.39 is 29.1 Å². The van der Waals surface area contributed by atoms with Gasteiger partial charge in [0.15, 0.2) is 0 Å². The highest BCUT2D eigenvalue weighted by Gasteiger charge is 2.49. The summed E-state index contributed by atoms with van der Waals surface area (Å²) in [7, 11) is 0. The zero-order valence-corrected chi connectivity index (χ0v) is 9.58. The number of carboxylic acid groups (broad SMARTS) is 1. The molecular weight excluding hydrogens is 246 g/mol. The molecule has 0 saturated carbocycles. The lowest BCUT2D eigenvalue weighted by Crippen LogP contribution is -2.31. The molecule has 1 aromatic rings. The minimum Gasteiger partial charge on any atom is -0.501 e. The highest BCUT2D eigenvalue weighted by atomic mass is 32.1. The van der Waals surface area contributed by atoms with Gasteiger partial charge in [-0.15, -0.1) is 11.3 Å². The highest BCUT2D eigenvalue weighted by Crippen LogP contribution is 2.38. The quantitative estimate of drug-likeness (QED) is 0.745. The molecule has 7 heteroatoms. The number of ketones is 1. The molecule has 0 radical (unpaired) electrons. The molecule has 0 aromatic carbocycles. The SMILES string of the molecule is CC1(c2cccs2)OC(NC(=O)O)=C(O)C1=O. The van der Waals surface area contributed by atoms with Gasteiger partial charge in [-0.3, -0.25) is 10.1 Å². The van der Waals surface area contributed by atoms with Gasteiger partial charge in [0.2, 0.25) is 17.2 Å². The first kappa shape index (κ1) is 11.5. The molecule has 0 bridgehead atoms. The number of aliphatic hydroxyl groups is 1. The topological polar surface area (TPSA) is 95.9 Å². The zero-order chi connectivity index (χ0) is 12.6. The molecule has 1 aliphatic rings. The molecule has 1 atom stereocenters. The van der Waals surface area contributed by atoms with Gasteiger partial charge < -0.3 is 14.9 Å². The summed E-state index contributed by atoms with van der Waals surface area (Å²) < 4.78 is 5.23. The third-order valence-electron chi connectivity index (χ3n) is 2.38. The number of amides is 1. The van der Waals surface area contributed by atoms with Gasteiger partial charge in [0.25, 0.3) is 5.78 Å². The molecule has 0 spiro atoms. The number of thiophene rings is 1. The Morgan fingerprint density at radius 2 is 2.29 bits per heavy atom. The molecule has 1 aromatic heterocycles. The number of ether oxygens (including phenoxy) is 1. The van der Waals surface area contributed by atoms with Crippen molar-refractivity contribution in [2.24, 2.45) is 0 Å². The van der Waals surface area contributed by atoms with E-state index in [1.807, 2.05) is 5.32 Å². The average Bonchev–Trinajstić information content (AvgIpc) is 2.84. The molecule has 90 valence electrons. The van der Waals surface area contributed by atoms with E-state index in [4.69, 9.17) is 9.84 Å². The van der Waals surface area contributed by atoms with E-state index in [1.165, 1.54) is 18.3 Å². The minimum absolute atomic E-state index is 0.432. The summed E-state index contributed by atoms with van der Waals surface area (Å²) in [5.74, 6) is -1.80. The second-order valence-corrected chi connectivity index (χ2v) is 4.50. The lowest BCUT2D eigenvalue weighted by atomic mass is 9.99. The number of carbonyl (C=O) groups excluding carboxylic acids is 1. The van der Waals surface area contributed by atoms with E-state index in [0.29, 0.717) is 4.88 Å². The molecule has 1 amide bonds. The van der Waals surface area contributed by atoms with Crippen LogP contribution in [-0.2, 0) is 15.1 Å². The summed E-state index contributed by atoms with van der Waals surface area (Å²) >= 11 is 1.29. The van der Waals surface area contributed by atoms with E-state index in [2.05, 4.69) is 0 Å². The van der Waals surface area contributed by atoms with Crippen molar-refractivity contribution >= 4 is 23.2 Å². The van der Waals surface area contributed by atoms with Crippen molar-refractivity contribution in [1.82, 2.24) is 5.32 Å². The molecule has 0 fully saturated rings. The predicted molar refractivity (Wildman–Crippen MR) is 58.6 cm³/mol. The second-order valence-electron chi connectivity index (χ2n) is 3.55. The number of aliphatic hydroxyl groups excluding tert-OH is 1. The summed E-state index contributed by atoms with van der Waals surface area (Å²) in [6, 6.07) is 3.42. The minimum atomic E-state index is -1.41. The number of rotatable bonds is 2. The number of carbonyl (C=O) groups is 2. The van der Waals surface area contributed by atoms with Crippen LogP contribution < -0.4 is 5.32 Å². The maximum atomic E-state index is 11.9. The maximum absolute atomic E-state index is 11.9. The average molecular weight is 255 g/mol. The first-order chi connectivity index (χ1) is 7.95. The molecule has 0 aliphatic carbocycles. The lowest BCUT2D eigenvalue weighted by Gasteiger charge is -2.21. The van der Waals surface area contributed by atoms with Gasteiger partial charge in [-0.25, -0.2) is 4.79 Å². The Morgan fingerprint density at radius 1 is 1.59 bits per heavy atom. The summed E-state index contributed by atoms with van der Waals surface area (Å²) in [6.45, 7) is 1.48. The zero-order valence-electron chi connectivity index (χ0n) is 8.76. The van der Waals surface area contributed by atoms with Crippen molar-refractivity contribution in [3.8, 4) is 0 Å². The van der Waals surface area contributed by atoms with Gasteiger partial charge in [0.1, 0.15) is 0 Å². The van der Waals surface area contributed by atoms with Crippen molar-refractivity contribution in [3.63, 3.8) is 0 Å². The van der Waals surface area contributed by atoms with Crippen LogP contribution in [0.3, 0.4) is 0 Å². The Kier molecular flexibility index (Phi) is 2.55. The molecule has 17 heavy (non-hydrogen) atoms. The van der Waals surface area contributed by atoms with E-state index in [0.717, 1.165) is 0 Å². The number of nitrogens with one attached hydrogen (secondary N) is 1. The Balaban J connectivity index is 2.34. The van der Waals surface area contributed by atoms with Crippen LogP contribution in [0.1, 0.15) is 11.8 Å². The fourth-order valence-electron chi connectivity index (χ4n) is 1.52. The molecule has 2 rings (SSSR count). The van der Waals surface area contributed by atoms with Crippen LogP contribution in [0.15, 0.2) is 29.2 Å². The third kappa shape index (κ3) is 1.74. The largest absolute Gasteiger partial charge is 0.501 e. The van der Waals surface area contributed by atoms with Crippen LogP contribution in [-0.4, -0.2) is 22.1 Å². The smallest absolute Gasteiger partial charge is 0.411 e. The van der Waals surface area contributed by atoms with Crippen molar-refractivity contribution in [3.05, 3.63) is 34.0 Å². The van der Waals surface area contributed by atoms with Gasteiger partial charge in [0.05, 0.1) is 4.88 Å². The van der Waals surface area contributed by atoms with Crippen molar-refractivity contribution in [2.75, 3.05) is 0 Å². The lowest BCUT2D eigenvalue weighted by molar-refractivity contribution is -0.131. The normalized spacial score (nSPS) is 23.7. The first-order valence-electron chi connectivity index (χ1n) is 4.66. The number of hydrogen-bond acceptors (Lipinski definition) is 5. The van der Waals surface area contributed by atoms with E-state index in [-0.39, 0.29) is 0 Å². The Hall–Kier alpha value is -2.02. The van der Waals surface area contributed by atoms with Gasteiger partial charge in [-0.05, 0) is 18.4 Å². The molecule has 0 saturated heterocycles. The van der Waals surface area contributed by atoms with Gasteiger partial charge in [-0.2, -0.15) is 0 Å². The summed E-state index contributed by atoms with van der Waals surface area (Å²) in [5, 5.41) is 21.7. The number of Topliss-reactive ketones (excluding diaryl/α,β-unsaturated/α-hetero) is 1. The Morgan fingerprint density at radius 3 is 2.82 bits per heavy atom. The summed E-state index contributed by atoms with van der Waals surface area (Å²) in [6.07, 6.45) is -1.41. The molecular formula is C10H9NO5S. The molecule has 2 heterocycles. The van der Waals surface area contributed by atoms with Crippen LogP contribution in [0, 0.1) is 0 Å². The molecule has 3 N–H and O–H groups in total. The Labute approximate surface area is 100 Å². The van der Waals surface area contributed by atoms with Crippen LogP contribution in [0.4, 0.5) is 4.79 Å². The van der Waals surface area contributed by atoms with Crippen molar-refractivity contribution < 1.29 is 24.5 Å². The monoisotopic (exact) mass is 255 g/mol. The summed E-state index contributed by atoms with van der Waals surface area (Å²) in [5.41, 5.74) is -1.37. The second kappa shape index (κ2) is 3.77. The van der Waals surface area contributed by atoms with Crippen LogP contribution in [0.25, 0.3) is 0 Å². The summed E-state index contributed by atoms with van der Waals surface area (Å²) in [4.78, 5) is 22.9. The van der Waals surface area contributed by atoms with E-state index >= 15 is 0 Å². The Bertz CT molecular complexity index is 507. The van der Waals surface area contributed by atoms with Gasteiger partial charge in [0, 0.05) is 0 Å². The standard InChI is InChI=1S/C10H9NO5S/c1-10(5-3-2-4-17-5)7(13)6(12)8(16-10)11-9(14)15/h2-4,11-12H,1H3,(H,14,15). The maximum Gasteiger partial charge on any atom is 0.411 e. The fraction of sp³-hybridized carbons (Fsp3) is 0.200. The van der Waals surface area contributed by atoms with E-state index in [9.17, 15) is 14.7 Å². The molecule has 6 nitrogen and oxygen atoms in total. The van der Waals surface area contributed by atoms with E-state index in [1.54, 1.807) is 17.5 Å².